The number of nitrogens with zero attached hydrogens (tertiary/aromatic N) is 5. The number of benzene rings is 2. The summed E-state index contributed by atoms with van der Waals surface area (Å²) >= 11 is 0.991. The maximum absolute atomic E-state index is 12.9. The molecule has 0 spiro atoms. The first-order valence-electron chi connectivity index (χ1n) is 8.52. The van der Waals surface area contributed by atoms with Gasteiger partial charge in [-0.15, -0.1) is 0 Å². The van der Waals surface area contributed by atoms with Gasteiger partial charge in [-0.25, -0.2) is 12.7 Å². The molecule has 0 amide bonds. The highest BCUT2D eigenvalue weighted by atomic mass is 32.2. The largest absolute Gasteiger partial charge is 0.334 e. The number of aromatic nitrogens is 4. The van der Waals surface area contributed by atoms with Crippen LogP contribution in [-0.2, 0) is 16.4 Å². The molecule has 0 saturated heterocycles. The van der Waals surface area contributed by atoms with Gasteiger partial charge in [0.15, 0.2) is 5.82 Å². The predicted molar refractivity (Wildman–Crippen MR) is 105 cm³/mol. The third-order valence-electron chi connectivity index (χ3n) is 4.32. The fourth-order valence-corrected chi connectivity index (χ4v) is 4.71. The van der Waals surface area contributed by atoms with Crippen LogP contribution in [-0.4, -0.2) is 45.2 Å². The molecule has 8 nitrogen and oxygen atoms in total. The quantitative estimate of drug-likeness (QED) is 0.477. The minimum Gasteiger partial charge on any atom is -0.334 e. The van der Waals surface area contributed by atoms with Crippen molar-refractivity contribution in [2.24, 2.45) is 0 Å². The van der Waals surface area contributed by atoms with Crippen LogP contribution in [0.1, 0.15) is 11.4 Å². The number of rotatable bonds is 6. The van der Waals surface area contributed by atoms with E-state index in [1.54, 1.807) is 18.2 Å². The molecule has 0 fully saturated rings. The number of sulfonamides is 1. The van der Waals surface area contributed by atoms with Crippen LogP contribution in [0, 0.1) is 6.92 Å². The Balaban J connectivity index is 1.50. The van der Waals surface area contributed by atoms with Crippen molar-refractivity contribution in [2.75, 3.05) is 13.6 Å². The van der Waals surface area contributed by atoms with Crippen LogP contribution in [0.2, 0.25) is 0 Å². The van der Waals surface area contributed by atoms with E-state index in [9.17, 15) is 8.42 Å². The van der Waals surface area contributed by atoms with Crippen molar-refractivity contribution in [3.63, 3.8) is 0 Å². The Morgan fingerprint density at radius 1 is 1.14 bits per heavy atom. The van der Waals surface area contributed by atoms with Crippen LogP contribution in [0.4, 0.5) is 0 Å². The Morgan fingerprint density at radius 3 is 2.79 bits per heavy atom. The summed E-state index contributed by atoms with van der Waals surface area (Å²) in [5.74, 6) is 0.870. The summed E-state index contributed by atoms with van der Waals surface area (Å²) in [4.78, 5) is 4.52. The first kappa shape index (κ1) is 18.7. The third kappa shape index (κ3) is 3.53. The molecule has 0 radical (unpaired) electrons. The van der Waals surface area contributed by atoms with Gasteiger partial charge in [0.2, 0.25) is 10.0 Å². The second-order valence-electron chi connectivity index (χ2n) is 6.35. The van der Waals surface area contributed by atoms with Crippen LogP contribution < -0.4 is 0 Å². The Labute approximate surface area is 166 Å². The normalized spacial score (nSPS) is 12.1. The van der Waals surface area contributed by atoms with Crippen molar-refractivity contribution in [3.8, 4) is 11.5 Å². The molecule has 0 unspecified atom stereocenters. The molecule has 2 aromatic heterocycles. The van der Waals surface area contributed by atoms with Gasteiger partial charge in [0.1, 0.15) is 15.9 Å². The Bertz CT molecular complexity index is 1230. The van der Waals surface area contributed by atoms with Gasteiger partial charge in [0, 0.05) is 25.6 Å². The van der Waals surface area contributed by atoms with Crippen LogP contribution in [0.15, 0.2) is 51.9 Å². The molecule has 4 aromatic rings. The Kier molecular flexibility index (Phi) is 4.92. The van der Waals surface area contributed by atoms with Crippen LogP contribution in [0.25, 0.3) is 22.5 Å². The molecule has 28 heavy (non-hydrogen) atoms. The fraction of sp³-hybridized carbons (Fsp3) is 0.222. The summed E-state index contributed by atoms with van der Waals surface area (Å²) < 4.78 is 40.6. The highest BCUT2D eigenvalue weighted by Crippen LogP contribution is 2.24. The molecule has 0 aliphatic heterocycles. The fourth-order valence-electron chi connectivity index (χ4n) is 2.79. The maximum atomic E-state index is 12.9. The zero-order chi connectivity index (χ0) is 19.7. The van der Waals surface area contributed by atoms with Crippen molar-refractivity contribution < 1.29 is 12.9 Å². The average molecular weight is 416 g/mol. The monoisotopic (exact) mass is 415 g/mol. The number of fused-ring (bicyclic) bond motifs is 1. The minimum absolute atomic E-state index is 0.148. The van der Waals surface area contributed by atoms with Crippen molar-refractivity contribution in [3.05, 3.63) is 53.9 Å². The molecule has 4 rings (SSSR count). The lowest BCUT2D eigenvalue weighted by Crippen LogP contribution is -2.29. The maximum Gasteiger partial charge on any atom is 0.257 e. The zero-order valence-electron chi connectivity index (χ0n) is 15.2. The van der Waals surface area contributed by atoms with Crippen LogP contribution in [0.5, 0.6) is 0 Å². The zero-order valence-corrected chi connectivity index (χ0v) is 16.9. The van der Waals surface area contributed by atoms with Crippen LogP contribution >= 0.6 is 11.7 Å². The van der Waals surface area contributed by atoms with Crippen molar-refractivity contribution in [1.29, 1.82) is 0 Å². The third-order valence-corrected chi connectivity index (χ3v) is 6.75. The second kappa shape index (κ2) is 7.38. The van der Waals surface area contributed by atoms with E-state index in [1.165, 1.54) is 11.4 Å². The highest BCUT2D eigenvalue weighted by molar-refractivity contribution is 7.89. The first-order valence-corrected chi connectivity index (χ1v) is 10.7. The number of aryl methyl sites for hydroxylation is 1. The van der Waals surface area contributed by atoms with Crippen molar-refractivity contribution in [2.45, 2.75) is 18.2 Å². The SMILES string of the molecule is Cc1cccc(-c2nc(CCN(C)S(=O)(=O)c3cccc4nsnc34)no2)c1. The molecular weight excluding hydrogens is 398 g/mol. The first-order chi connectivity index (χ1) is 13.4. The molecule has 0 saturated carbocycles. The molecule has 0 atom stereocenters. The molecule has 2 aromatic carbocycles. The summed E-state index contributed by atoms with van der Waals surface area (Å²) in [6, 6.07) is 12.7. The van der Waals surface area contributed by atoms with E-state index >= 15 is 0 Å². The van der Waals surface area contributed by atoms with E-state index in [0.29, 0.717) is 29.2 Å². The number of hydrogen-bond donors (Lipinski definition) is 0. The number of hydrogen-bond acceptors (Lipinski definition) is 8. The van der Waals surface area contributed by atoms with Crippen molar-refractivity contribution >= 4 is 32.8 Å². The molecule has 2 heterocycles. The van der Waals surface area contributed by atoms with Gasteiger partial charge in [-0.3, -0.25) is 0 Å². The van der Waals surface area contributed by atoms with Gasteiger partial charge in [0.05, 0.1) is 11.7 Å². The van der Waals surface area contributed by atoms with E-state index < -0.39 is 10.0 Å². The minimum atomic E-state index is -3.71. The summed E-state index contributed by atoms with van der Waals surface area (Å²) in [6.07, 6.45) is 0.330. The summed E-state index contributed by atoms with van der Waals surface area (Å²) in [5.41, 5.74) is 2.89. The average Bonchev–Trinajstić information content (AvgIpc) is 3.35. The van der Waals surface area contributed by atoms with Crippen molar-refractivity contribution in [1.82, 2.24) is 23.2 Å². The second-order valence-corrected chi connectivity index (χ2v) is 8.89. The summed E-state index contributed by atoms with van der Waals surface area (Å²) in [6.45, 7) is 2.20. The highest BCUT2D eigenvalue weighted by Gasteiger charge is 2.25. The van der Waals surface area contributed by atoms with Gasteiger partial charge < -0.3 is 4.52 Å². The van der Waals surface area contributed by atoms with E-state index in [2.05, 4.69) is 18.9 Å². The Morgan fingerprint density at radius 2 is 1.96 bits per heavy atom. The lowest BCUT2D eigenvalue weighted by molar-refractivity contribution is 0.415. The molecular formula is C18H17N5O3S2. The molecule has 0 N–H and O–H groups in total. The molecule has 0 aliphatic carbocycles. The lowest BCUT2D eigenvalue weighted by atomic mass is 10.1. The molecule has 10 heteroatoms. The smallest absolute Gasteiger partial charge is 0.257 e. The van der Waals surface area contributed by atoms with E-state index in [1.807, 2.05) is 31.2 Å². The van der Waals surface area contributed by atoms with Gasteiger partial charge in [-0.05, 0) is 31.2 Å². The Hall–Kier alpha value is -2.69. The predicted octanol–water partition coefficient (Wildman–Crippen LogP) is 2.91. The van der Waals surface area contributed by atoms with Gasteiger partial charge >= 0.3 is 0 Å². The van der Waals surface area contributed by atoms with Gasteiger partial charge in [-0.2, -0.15) is 13.7 Å². The van der Waals surface area contributed by atoms with Gasteiger partial charge in [0.25, 0.3) is 5.89 Å². The molecule has 0 aliphatic rings. The standard InChI is InChI=1S/C18H17N5O3S2/c1-12-5-3-6-13(11-12)18-19-16(20-26-18)9-10-23(2)28(24,25)15-8-4-7-14-17(15)22-27-21-14/h3-8,11H,9-10H2,1-2H3. The van der Waals surface area contributed by atoms with E-state index in [-0.39, 0.29) is 11.4 Å². The van der Waals surface area contributed by atoms with E-state index in [0.717, 1.165) is 22.9 Å². The van der Waals surface area contributed by atoms with Crippen LogP contribution in [0.3, 0.4) is 0 Å². The van der Waals surface area contributed by atoms with Gasteiger partial charge in [-0.1, -0.05) is 28.9 Å². The molecule has 0 bridgehead atoms. The molecule has 144 valence electrons. The van der Waals surface area contributed by atoms with E-state index in [4.69, 9.17) is 4.52 Å². The number of likely N-dealkylation sites (N-methyl/N-ethyl adjacent to an activating group) is 1. The topological polar surface area (TPSA) is 102 Å². The lowest BCUT2D eigenvalue weighted by Gasteiger charge is -2.16. The summed E-state index contributed by atoms with van der Waals surface area (Å²) in [7, 11) is -2.18. The summed E-state index contributed by atoms with van der Waals surface area (Å²) in [5, 5.41) is 3.96.